The van der Waals surface area contributed by atoms with Crippen LogP contribution in [0.1, 0.15) is 23.2 Å². The first-order valence-corrected chi connectivity index (χ1v) is 6.29. The summed E-state index contributed by atoms with van der Waals surface area (Å²) in [5.74, 6) is 0.793. The van der Waals surface area contributed by atoms with Crippen LogP contribution in [0.15, 0.2) is 36.4 Å². The first-order chi connectivity index (χ1) is 8.70. The Morgan fingerprint density at radius 2 is 1.89 bits per heavy atom. The molecule has 0 bridgehead atoms. The molecule has 0 unspecified atom stereocenters. The average Bonchev–Trinajstić information content (AvgIpc) is 2.91. The zero-order valence-corrected chi connectivity index (χ0v) is 10.8. The van der Waals surface area contributed by atoms with Crippen LogP contribution in [0.2, 0.25) is 0 Å². The normalized spacial score (nSPS) is 15.6. The number of carbonyl (C=O) groups excluding carboxylic acids is 1. The molecule has 0 aliphatic carbocycles. The van der Waals surface area contributed by atoms with Crippen molar-refractivity contribution in [3.8, 4) is 5.75 Å². The summed E-state index contributed by atoms with van der Waals surface area (Å²) in [6.07, 6.45) is 2.45. The van der Waals surface area contributed by atoms with Crippen LogP contribution in [0.25, 0.3) is 0 Å². The van der Waals surface area contributed by atoms with E-state index in [1.165, 1.54) is 12.8 Å². The Morgan fingerprint density at radius 1 is 1.28 bits per heavy atom. The molecule has 1 aromatic carbocycles. The zero-order chi connectivity index (χ0) is 13.0. The van der Waals surface area contributed by atoms with E-state index < -0.39 is 0 Å². The molecule has 1 saturated heterocycles. The minimum Gasteiger partial charge on any atom is -0.497 e. The van der Waals surface area contributed by atoms with Gasteiger partial charge in [0.25, 0.3) is 0 Å². The van der Waals surface area contributed by atoms with Crippen molar-refractivity contribution in [2.45, 2.75) is 12.8 Å². The molecule has 0 radical (unpaired) electrons. The molecule has 0 saturated carbocycles. The third kappa shape index (κ3) is 2.99. The Hall–Kier alpha value is -1.61. The quantitative estimate of drug-likeness (QED) is 0.589. The number of benzene rings is 1. The van der Waals surface area contributed by atoms with E-state index in [1.54, 1.807) is 31.4 Å². The van der Waals surface area contributed by atoms with Crippen LogP contribution in [0.4, 0.5) is 0 Å². The van der Waals surface area contributed by atoms with Gasteiger partial charge in [-0.1, -0.05) is 6.58 Å². The van der Waals surface area contributed by atoms with Crippen LogP contribution in [0, 0.1) is 0 Å². The highest BCUT2D eigenvalue weighted by Crippen LogP contribution is 2.16. The molecule has 1 aliphatic heterocycles. The third-order valence-corrected chi connectivity index (χ3v) is 3.29. The summed E-state index contributed by atoms with van der Waals surface area (Å²) in [6.45, 7) is 6.76. The SMILES string of the molecule is C=C(CN1CCCC1)C(=O)c1ccc(OC)cc1. The number of rotatable bonds is 5. The lowest BCUT2D eigenvalue weighted by atomic mass is 10.0. The van der Waals surface area contributed by atoms with E-state index >= 15 is 0 Å². The summed E-state index contributed by atoms with van der Waals surface area (Å²) in [4.78, 5) is 14.4. The number of hydrogen-bond acceptors (Lipinski definition) is 3. The Kier molecular flexibility index (Phi) is 4.15. The Morgan fingerprint density at radius 3 is 2.44 bits per heavy atom. The van der Waals surface area contributed by atoms with E-state index in [1.807, 2.05) is 0 Å². The number of Topliss-reactive ketones (excluding diaryl/α,β-unsaturated/α-hetero) is 1. The minimum absolute atomic E-state index is 0.0320. The van der Waals surface area contributed by atoms with Gasteiger partial charge in [-0.2, -0.15) is 0 Å². The largest absolute Gasteiger partial charge is 0.497 e. The van der Waals surface area contributed by atoms with Gasteiger partial charge in [-0.25, -0.2) is 0 Å². The molecule has 3 heteroatoms. The molecule has 96 valence electrons. The smallest absolute Gasteiger partial charge is 0.189 e. The molecule has 2 rings (SSSR count). The van der Waals surface area contributed by atoms with Crippen LogP contribution >= 0.6 is 0 Å². The van der Waals surface area contributed by atoms with Gasteiger partial charge in [-0.05, 0) is 50.2 Å². The molecule has 0 spiro atoms. The lowest BCUT2D eigenvalue weighted by Gasteiger charge is -2.15. The molecular weight excluding hydrogens is 226 g/mol. The monoisotopic (exact) mass is 245 g/mol. The van der Waals surface area contributed by atoms with Crippen molar-refractivity contribution in [3.63, 3.8) is 0 Å². The van der Waals surface area contributed by atoms with Gasteiger partial charge in [-0.15, -0.1) is 0 Å². The summed E-state index contributed by atoms with van der Waals surface area (Å²) in [5.41, 5.74) is 1.35. The van der Waals surface area contributed by atoms with Crippen molar-refractivity contribution in [2.75, 3.05) is 26.7 Å². The highest BCUT2D eigenvalue weighted by molar-refractivity contribution is 6.08. The number of likely N-dealkylation sites (tertiary alicyclic amines) is 1. The Balaban J connectivity index is 1.98. The lowest BCUT2D eigenvalue weighted by molar-refractivity contribution is 0.102. The van der Waals surface area contributed by atoms with Crippen LogP contribution in [0.5, 0.6) is 5.75 Å². The lowest BCUT2D eigenvalue weighted by Crippen LogP contribution is -2.24. The standard InChI is InChI=1S/C15H19NO2/c1-12(11-16-9-3-4-10-16)15(17)13-5-7-14(18-2)8-6-13/h5-8H,1,3-4,9-11H2,2H3. The topological polar surface area (TPSA) is 29.5 Å². The van der Waals surface area contributed by atoms with E-state index in [-0.39, 0.29) is 5.78 Å². The maximum absolute atomic E-state index is 12.2. The van der Waals surface area contributed by atoms with Crippen molar-refractivity contribution >= 4 is 5.78 Å². The second kappa shape index (κ2) is 5.83. The summed E-state index contributed by atoms with van der Waals surface area (Å²) in [6, 6.07) is 7.18. The van der Waals surface area contributed by atoms with E-state index in [0.717, 1.165) is 18.8 Å². The number of nitrogens with zero attached hydrogens (tertiary/aromatic N) is 1. The summed E-state index contributed by atoms with van der Waals surface area (Å²) in [7, 11) is 1.61. The van der Waals surface area contributed by atoms with E-state index in [9.17, 15) is 4.79 Å². The van der Waals surface area contributed by atoms with Crippen molar-refractivity contribution in [1.29, 1.82) is 0 Å². The first-order valence-electron chi connectivity index (χ1n) is 6.29. The molecule has 0 N–H and O–H groups in total. The Bertz CT molecular complexity index is 430. The number of hydrogen-bond donors (Lipinski definition) is 0. The first kappa shape index (κ1) is 12.8. The number of carbonyl (C=O) groups is 1. The van der Waals surface area contributed by atoms with Gasteiger partial charge < -0.3 is 4.74 Å². The van der Waals surface area contributed by atoms with Crippen LogP contribution in [-0.2, 0) is 0 Å². The third-order valence-electron chi connectivity index (χ3n) is 3.29. The molecule has 0 amide bonds. The maximum Gasteiger partial charge on any atom is 0.189 e. The highest BCUT2D eigenvalue weighted by atomic mass is 16.5. The van der Waals surface area contributed by atoms with Crippen LogP contribution in [-0.4, -0.2) is 37.4 Å². The highest BCUT2D eigenvalue weighted by Gasteiger charge is 2.16. The predicted molar refractivity (Wildman–Crippen MR) is 72.1 cm³/mol. The van der Waals surface area contributed by atoms with Crippen LogP contribution in [0.3, 0.4) is 0 Å². The van der Waals surface area contributed by atoms with E-state index in [0.29, 0.717) is 17.7 Å². The zero-order valence-electron chi connectivity index (χ0n) is 10.8. The van der Waals surface area contributed by atoms with Gasteiger partial charge in [0.05, 0.1) is 7.11 Å². The van der Waals surface area contributed by atoms with Gasteiger partial charge >= 0.3 is 0 Å². The molecule has 1 heterocycles. The van der Waals surface area contributed by atoms with Gasteiger partial charge in [0.2, 0.25) is 0 Å². The summed E-state index contributed by atoms with van der Waals surface area (Å²) >= 11 is 0. The van der Waals surface area contributed by atoms with Crippen molar-refractivity contribution in [2.24, 2.45) is 0 Å². The van der Waals surface area contributed by atoms with E-state index in [4.69, 9.17) is 4.74 Å². The molecule has 0 aromatic heterocycles. The van der Waals surface area contributed by atoms with Gasteiger partial charge in [0.1, 0.15) is 5.75 Å². The molecule has 1 aliphatic rings. The maximum atomic E-state index is 12.2. The number of methoxy groups -OCH3 is 1. The molecule has 1 fully saturated rings. The number of ketones is 1. The van der Waals surface area contributed by atoms with Crippen LogP contribution < -0.4 is 4.74 Å². The Labute approximate surface area is 108 Å². The molecule has 18 heavy (non-hydrogen) atoms. The minimum atomic E-state index is 0.0320. The summed E-state index contributed by atoms with van der Waals surface area (Å²) < 4.78 is 5.08. The van der Waals surface area contributed by atoms with Gasteiger partial charge in [-0.3, -0.25) is 9.69 Å². The summed E-state index contributed by atoms with van der Waals surface area (Å²) in [5, 5.41) is 0. The fourth-order valence-corrected chi connectivity index (χ4v) is 2.23. The second-order valence-electron chi connectivity index (χ2n) is 4.64. The average molecular weight is 245 g/mol. The van der Waals surface area contributed by atoms with Gasteiger partial charge in [0, 0.05) is 17.7 Å². The van der Waals surface area contributed by atoms with Crippen molar-refractivity contribution in [3.05, 3.63) is 42.0 Å². The fraction of sp³-hybridized carbons (Fsp3) is 0.400. The molecule has 3 nitrogen and oxygen atoms in total. The molecule has 1 aromatic rings. The predicted octanol–water partition coefficient (Wildman–Crippen LogP) is 2.53. The van der Waals surface area contributed by atoms with Crippen molar-refractivity contribution in [1.82, 2.24) is 4.90 Å². The van der Waals surface area contributed by atoms with Crippen molar-refractivity contribution < 1.29 is 9.53 Å². The second-order valence-corrected chi connectivity index (χ2v) is 4.64. The fourth-order valence-electron chi connectivity index (χ4n) is 2.23. The molecular formula is C15H19NO2. The van der Waals surface area contributed by atoms with E-state index in [2.05, 4.69) is 11.5 Å². The number of ether oxygens (including phenoxy) is 1. The van der Waals surface area contributed by atoms with Gasteiger partial charge in [0.15, 0.2) is 5.78 Å². The molecule has 0 atom stereocenters.